The highest BCUT2D eigenvalue weighted by Gasteiger charge is 2.46. The summed E-state index contributed by atoms with van der Waals surface area (Å²) in [4.78, 5) is 146. The standard InChI is InChI=1S/C65H75F2N15O10S2/c1-65-16-3-19-82(65)63(92)55(23-38-6-10-46(84)11-7-38)81-62(91)54(28-45-31-69-36-75-45)79-58(87)33-74-60(89)52(24-41-29-71-49-12-8-43(66)26-47(41)49)80-61(90)53(25-42-30-72-50-13-9-44(67)27-48(42)50)78-57(86)32-73-59(88)51(14-17-68)77-56(85)15-20-93-34-39-4-2-5-40(22-39)35-94-21-18-70-64(65)76-37-83/h2,4-13,22,26-27,29-31,36-37,51-55,71-72,84H,3,14-21,23-25,28,32-35,68H2,1H3,(H,69,75)(H,73,88)(H,74,89)(H,77,85)(H,78,86)(H,79,87)(H,80,90)(H,81,91)(H,70,76,83)/t51-,52-,53-,54-,55-,65-/m0/s1. The van der Waals surface area contributed by atoms with Crippen molar-refractivity contribution in [3.8, 4) is 5.75 Å². The fourth-order valence-corrected chi connectivity index (χ4v) is 13.1. The number of rotatable bonds is 11. The van der Waals surface area contributed by atoms with E-state index in [2.05, 4.69) is 68.5 Å². The van der Waals surface area contributed by atoms with Gasteiger partial charge in [0.1, 0.15) is 53.4 Å². The van der Waals surface area contributed by atoms with Gasteiger partial charge in [-0.25, -0.2) is 13.8 Å². The molecule has 3 aromatic heterocycles. The number of nitrogens with zero attached hydrogens (tertiary/aromatic N) is 3. The molecule has 1 fully saturated rings. The number of imidazole rings is 1. The van der Waals surface area contributed by atoms with E-state index in [0.717, 1.165) is 11.1 Å². The van der Waals surface area contributed by atoms with Gasteiger partial charge in [0.15, 0.2) is 0 Å². The van der Waals surface area contributed by atoms with Crippen LogP contribution in [0.15, 0.2) is 115 Å². The monoisotopic (exact) mass is 1330 g/mol. The molecule has 2 aliphatic rings. The topological polar surface area (TPSA) is 372 Å². The zero-order valence-corrected chi connectivity index (χ0v) is 53.1. The number of fused-ring (bicyclic) bond motifs is 5. The van der Waals surface area contributed by atoms with Crippen molar-refractivity contribution in [2.75, 3.05) is 44.2 Å². The van der Waals surface area contributed by atoms with Gasteiger partial charge in [-0.05, 0) is 109 Å². The first kappa shape index (κ1) is 68.7. The summed E-state index contributed by atoms with van der Waals surface area (Å²) in [6.45, 7) is 0.839. The van der Waals surface area contributed by atoms with Crippen LogP contribution < -0.4 is 48.3 Å². The molecule has 6 atom stereocenters. The smallest absolute Gasteiger partial charge is 0.246 e. The Morgan fingerprint density at radius 3 is 1.84 bits per heavy atom. The Balaban J connectivity index is 1.02. The third-order valence-electron chi connectivity index (χ3n) is 16.3. The molecule has 7 aromatic rings. The summed E-state index contributed by atoms with van der Waals surface area (Å²) >= 11 is 3.14. The number of nitrogens with two attached hydrogens (primary N) is 1. The highest BCUT2D eigenvalue weighted by Crippen LogP contribution is 2.32. The molecule has 0 radical (unpaired) electrons. The first-order valence-corrected chi connectivity index (χ1v) is 33.0. The van der Waals surface area contributed by atoms with Gasteiger partial charge in [-0.2, -0.15) is 23.5 Å². The number of carbonyl (C=O) groups excluding carboxylic acids is 9. The van der Waals surface area contributed by atoms with Crippen LogP contribution in [-0.4, -0.2) is 169 Å². The number of aliphatic imine (C=N–C) groups is 1. The maximum absolute atomic E-state index is 15.2. The molecule has 14 N–H and O–H groups in total. The molecule has 2 aliphatic heterocycles. The number of hydrogen-bond acceptors (Lipinski definition) is 15. The summed E-state index contributed by atoms with van der Waals surface area (Å²) in [6.07, 6.45) is 6.51. The Morgan fingerprint density at radius 1 is 0.670 bits per heavy atom. The van der Waals surface area contributed by atoms with Crippen LogP contribution in [0.3, 0.4) is 0 Å². The van der Waals surface area contributed by atoms with Crippen LogP contribution in [0.2, 0.25) is 0 Å². The van der Waals surface area contributed by atoms with Gasteiger partial charge in [-0.1, -0.05) is 36.4 Å². The van der Waals surface area contributed by atoms with Crippen molar-refractivity contribution in [1.82, 2.24) is 67.4 Å². The molecular formula is C65H75F2N15O10S2. The highest BCUT2D eigenvalue weighted by molar-refractivity contribution is 7.98. The number of hydrogen-bond donors (Lipinski definition) is 13. The van der Waals surface area contributed by atoms with Crippen molar-refractivity contribution in [3.63, 3.8) is 0 Å². The second kappa shape index (κ2) is 32.8. The summed E-state index contributed by atoms with van der Waals surface area (Å²) in [7, 11) is 0. The number of benzene rings is 4. The van der Waals surface area contributed by atoms with Crippen molar-refractivity contribution >= 4 is 105 Å². The molecule has 9 rings (SSSR count). The van der Waals surface area contributed by atoms with Crippen LogP contribution in [0.5, 0.6) is 5.75 Å². The third-order valence-corrected chi connectivity index (χ3v) is 18.3. The average Bonchev–Trinajstić information content (AvgIpc) is 1.58. The predicted octanol–water partition coefficient (Wildman–Crippen LogP) is 2.73. The average molecular weight is 1330 g/mol. The quantitative estimate of drug-likeness (QED) is 0.0829. The summed E-state index contributed by atoms with van der Waals surface area (Å²) < 4.78 is 29.6. The Hall–Kier alpha value is -9.61. The van der Waals surface area contributed by atoms with E-state index in [0.29, 0.717) is 86.5 Å². The second-order valence-electron chi connectivity index (χ2n) is 23.1. The Labute approximate surface area is 547 Å². The zero-order valence-electron chi connectivity index (χ0n) is 51.5. The van der Waals surface area contributed by atoms with E-state index in [4.69, 9.17) is 10.7 Å². The second-order valence-corrected chi connectivity index (χ2v) is 25.3. The number of amides is 9. The van der Waals surface area contributed by atoms with Gasteiger partial charge in [0.2, 0.25) is 53.7 Å². The number of halogens is 2. The largest absolute Gasteiger partial charge is 0.508 e. The number of aromatic nitrogens is 4. The molecule has 0 saturated carbocycles. The molecule has 9 amide bonds. The lowest BCUT2D eigenvalue weighted by molar-refractivity contribution is -0.139. The van der Waals surface area contributed by atoms with Gasteiger partial charge in [-0.3, -0.25) is 48.1 Å². The first-order valence-electron chi connectivity index (χ1n) is 30.7. The van der Waals surface area contributed by atoms with E-state index >= 15 is 4.79 Å². The van der Waals surface area contributed by atoms with Crippen LogP contribution in [0.25, 0.3) is 21.8 Å². The lowest BCUT2D eigenvalue weighted by atomic mass is 9.95. The molecule has 0 aliphatic carbocycles. The molecule has 496 valence electrons. The minimum Gasteiger partial charge on any atom is -0.508 e. The van der Waals surface area contributed by atoms with E-state index in [9.17, 15) is 52.2 Å². The molecule has 5 heterocycles. The van der Waals surface area contributed by atoms with Crippen molar-refractivity contribution < 1.29 is 57.0 Å². The number of H-pyrrole nitrogens is 3. The lowest BCUT2D eigenvalue weighted by Crippen LogP contribution is -2.61. The van der Waals surface area contributed by atoms with Crippen molar-refractivity contribution in [2.45, 2.75) is 106 Å². The zero-order chi connectivity index (χ0) is 66.7. The lowest BCUT2D eigenvalue weighted by Gasteiger charge is -2.38. The van der Waals surface area contributed by atoms with E-state index in [-0.39, 0.29) is 69.7 Å². The highest BCUT2D eigenvalue weighted by atomic mass is 32.2. The fraction of sp³-hybridized carbons (Fsp3) is 0.369. The Kier molecular flexibility index (Phi) is 24.0. The summed E-state index contributed by atoms with van der Waals surface area (Å²) in [5.41, 5.74) is 9.51. The first-order chi connectivity index (χ1) is 45.3. The molecule has 1 saturated heterocycles. The van der Waals surface area contributed by atoms with Crippen LogP contribution >= 0.6 is 23.5 Å². The van der Waals surface area contributed by atoms with E-state index in [1.54, 1.807) is 35.7 Å². The molecular weight excluding hydrogens is 1250 g/mol. The summed E-state index contributed by atoms with van der Waals surface area (Å²) in [6, 6.07) is 15.1. The number of aromatic hydroxyl groups is 1. The molecule has 4 aromatic carbocycles. The SMILES string of the molecule is C[C@@]12CCCN1C(=O)[C@H](Cc1ccc(O)cc1)NC(=O)[C@H](Cc1cnc[nH]1)NC(=O)CNC(=O)[C@H](Cc1c[nH]c3ccc(F)cc13)NC(=O)[C@H](Cc1c[nH]c3ccc(F)cc13)NC(=O)CNC(=O)[C@H](CCN)NC(=O)CCSCc1cccc(c1)CSCCN=C2NC=O. The minimum absolute atomic E-state index is 0.00810. The number of thioether (sulfide) groups is 2. The van der Waals surface area contributed by atoms with Gasteiger partial charge < -0.3 is 73.2 Å². The van der Waals surface area contributed by atoms with Gasteiger partial charge in [-0.15, -0.1) is 0 Å². The number of carbonyl (C=O) groups is 9. The van der Waals surface area contributed by atoms with Gasteiger partial charge >= 0.3 is 0 Å². The van der Waals surface area contributed by atoms with Crippen LogP contribution in [0.1, 0.15) is 66.1 Å². The Bertz CT molecular complexity index is 3890. The van der Waals surface area contributed by atoms with Crippen LogP contribution in [0.4, 0.5) is 8.78 Å². The van der Waals surface area contributed by atoms with E-state index < -0.39 is 108 Å². The molecule has 0 unspecified atom stereocenters. The molecule has 29 heteroatoms. The van der Waals surface area contributed by atoms with Gasteiger partial charge in [0.05, 0.1) is 31.5 Å². The predicted molar refractivity (Wildman–Crippen MR) is 352 cm³/mol. The normalized spacial score (nSPS) is 21.9. The fourth-order valence-electron chi connectivity index (χ4n) is 11.5. The molecule has 25 nitrogen and oxygen atoms in total. The van der Waals surface area contributed by atoms with E-state index in [1.165, 1.54) is 85.2 Å². The number of aromatic amines is 3. The maximum atomic E-state index is 15.2. The third kappa shape index (κ3) is 18.6. The number of amidine groups is 1. The molecule has 0 spiro atoms. The van der Waals surface area contributed by atoms with Crippen LogP contribution in [0, 0.1) is 11.6 Å². The van der Waals surface area contributed by atoms with Crippen LogP contribution in [-0.2, 0) is 80.3 Å². The van der Waals surface area contributed by atoms with Crippen molar-refractivity contribution in [2.24, 2.45) is 10.7 Å². The Morgan fingerprint density at radius 2 is 1.24 bits per heavy atom. The van der Waals surface area contributed by atoms with Crippen molar-refractivity contribution in [3.05, 3.63) is 155 Å². The number of phenolic OH excluding ortho intramolecular Hbond substituents is 1. The maximum Gasteiger partial charge on any atom is 0.246 e. The number of phenols is 1. The van der Waals surface area contributed by atoms with Gasteiger partial charge in [0, 0.05) is 108 Å². The summed E-state index contributed by atoms with van der Waals surface area (Å²) in [5.74, 6) is -4.90. The molecule has 94 heavy (non-hydrogen) atoms. The summed E-state index contributed by atoms with van der Waals surface area (Å²) in [5, 5.41) is 32.3. The number of nitrogens with one attached hydrogen (secondary N) is 11. The van der Waals surface area contributed by atoms with Gasteiger partial charge in [0.25, 0.3) is 0 Å². The van der Waals surface area contributed by atoms with Crippen molar-refractivity contribution in [1.29, 1.82) is 0 Å². The molecule has 2 bridgehead atoms. The minimum atomic E-state index is -1.56. The van der Waals surface area contributed by atoms with E-state index in [1.807, 2.05) is 18.2 Å².